The molecule has 0 aliphatic carbocycles. The Hall–Kier alpha value is -1.84. The Labute approximate surface area is 257 Å². The SMILES string of the molecule is CCCC(=O)CC(=O)O.CCCC(=O)CC(=O)O.CCCC(=O)CC(=O)O.CCCC(=O)CC(=O)O.[Ti].[Zr]. The number of carboxylic acid groups (broad SMARTS) is 4. The summed E-state index contributed by atoms with van der Waals surface area (Å²) in [4.78, 5) is 81.3. The van der Waals surface area contributed by atoms with Crippen molar-refractivity contribution in [2.45, 2.75) is 105 Å². The predicted octanol–water partition coefficient (Wildman–Crippen LogP) is 3.32. The van der Waals surface area contributed by atoms with E-state index in [1.54, 1.807) is 0 Å². The summed E-state index contributed by atoms with van der Waals surface area (Å²) in [6, 6.07) is 0. The quantitative estimate of drug-likeness (QED) is 0.139. The molecule has 0 bridgehead atoms. The zero-order valence-corrected chi connectivity index (χ0v) is 26.6. The molecule has 0 aromatic rings. The molecule has 0 amide bonds. The maximum Gasteiger partial charge on any atom is 0.310 e. The second-order valence-corrected chi connectivity index (χ2v) is 7.44. The molecule has 14 heteroatoms. The van der Waals surface area contributed by atoms with Gasteiger partial charge in [-0.1, -0.05) is 27.7 Å². The molecule has 12 nitrogen and oxygen atoms in total. The van der Waals surface area contributed by atoms with Crippen molar-refractivity contribution in [1.82, 2.24) is 0 Å². The third-order valence-corrected chi connectivity index (χ3v) is 3.51. The Bertz CT molecular complexity index is 603. The first-order valence-corrected chi connectivity index (χ1v) is 11.6. The fourth-order valence-corrected chi connectivity index (χ4v) is 2.14. The minimum absolute atomic E-state index is 0. The Morgan fingerprint density at radius 3 is 0.605 bits per heavy atom. The van der Waals surface area contributed by atoms with Crippen LogP contribution in [0.25, 0.3) is 0 Å². The van der Waals surface area contributed by atoms with Gasteiger partial charge < -0.3 is 20.4 Å². The van der Waals surface area contributed by atoms with Crippen LogP contribution in [0, 0.1) is 0 Å². The van der Waals surface area contributed by atoms with E-state index in [2.05, 4.69) is 0 Å². The van der Waals surface area contributed by atoms with Gasteiger partial charge in [-0.3, -0.25) is 38.4 Å². The van der Waals surface area contributed by atoms with Crippen LogP contribution < -0.4 is 0 Å². The van der Waals surface area contributed by atoms with Crippen LogP contribution in [0.5, 0.6) is 0 Å². The summed E-state index contributed by atoms with van der Waals surface area (Å²) in [7, 11) is 0. The van der Waals surface area contributed by atoms with Gasteiger partial charge in [0.25, 0.3) is 0 Å². The van der Waals surface area contributed by atoms with Gasteiger partial charge in [-0.25, -0.2) is 0 Å². The molecule has 0 rings (SSSR count). The first kappa shape index (κ1) is 49.1. The molecule has 0 aromatic heterocycles. The minimum atomic E-state index is -1.03. The number of carbonyl (C=O) groups is 8. The fraction of sp³-hybridized carbons (Fsp3) is 0.667. The maximum absolute atomic E-state index is 10.5. The molecular weight excluding hydrogens is 619 g/mol. The van der Waals surface area contributed by atoms with Crippen molar-refractivity contribution >= 4 is 47.0 Å². The molecule has 0 spiro atoms. The summed E-state index contributed by atoms with van der Waals surface area (Å²) in [5.41, 5.74) is 0. The summed E-state index contributed by atoms with van der Waals surface area (Å²) < 4.78 is 0. The largest absolute Gasteiger partial charge is 0.481 e. The van der Waals surface area contributed by atoms with Crippen molar-refractivity contribution in [1.29, 1.82) is 0 Å². The van der Waals surface area contributed by atoms with E-state index in [4.69, 9.17) is 20.4 Å². The fourth-order valence-electron chi connectivity index (χ4n) is 2.14. The summed E-state index contributed by atoms with van der Waals surface area (Å²) in [6.07, 6.45) is 3.14. The van der Waals surface area contributed by atoms with Gasteiger partial charge in [0.1, 0.15) is 48.8 Å². The number of carboxylic acids is 4. The molecule has 0 saturated heterocycles. The van der Waals surface area contributed by atoms with Gasteiger partial charge in [-0.2, -0.15) is 0 Å². The van der Waals surface area contributed by atoms with Crippen molar-refractivity contribution in [3.8, 4) is 0 Å². The van der Waals surface area contributed by atoms with E-state index >= 15 is 0 Å². The smallest absolute Gasteiger partial charge is 0.310 e. The Kier molecular flexibility index (Phi) is 45.5. The summed E-state index contributed by atoms with van der Waals surface area (Å²) in [5, 5.41) is 32.4. The van der Waals surface area contributed by atoms with Crippen LogP contribution in [0.2, 0.25) is 0 Å². The normalized spacial score (nSPS) is 8.53. The summed E-state index contributed by atoms with van der Waals surface area (Å²) in [5.74, 6) is -4.89. The summed E-state index contributed by atoms with van der Waals surface area (Å²) >= 11 is 0. The van der Waals surface area contributed by atoms with Gasteiger partial charge in [0.2, 0.25) is 0 Å². The molecular formula is C24H40O12TiZr. The van der Waals surface area contributed by atoms with Crippen LogP contribution in [-0.2, 0) is 86.3 Å². The third-order valence-electron chi connectivity index (χ3n) is 3.51. The first-order chi connectivity index (χ1) is 16.7. The minimum Gasteiger partial charge on any atom is -0.481 e. The molecule has 0 aliphatic rings. The van der Waals surface area contributed by atoms with E-state index in [0.29, 0.717) is 25.7 Å². The molecule has 0 unspecified atom stereocenters. The molecule has 0 saturated carbocycles. The van der Waals surface area contributed by atoms with E-state index < -0.39 is 23.9 Å². The van der Waals surface area contributed by atoms with Gasteiger partial charge in [-0.15, -0.1) is 0 Å². The van der Waals surface area contributed by atoms with E-state index in [1.807, 2.05) is 27.7 Å². The monoisotopic (exact) mass is 658 g/mol. The van der Waals surface area contributed by atoms with Crippen LogP contribution in [0.15, 0.2) is 0 Å². The van der Waals surface area contributed by atoms with Gasteiger partial charge in [0, 0.05) is 73.6 Å². The van der Waals surface area contributed by atoms with Crippen LogP contribution >= 0.6 is 0 Å². The van der Waals surface area contributed by atoms with Crippen molar-refractivity contribution in [3.05, 3.63) is 0 Å². The first-order valence-electron chi connectivity index (χ1n) is 11.6. The molecule has 216 valence electrons. The molecule has 0 aromatic carbocycles. The Balaban J connectivity index is -0.0000000883. The van der Waals surface area contributed by atoms with Gasteiger partial charge in [-0.05, 0) is 25.7 Å². The molecule has 0 radical (unpaired) electrons. The van der Waals surface area contributed by atoms with Crippen LogP contribution in [0.3, 0.4) is 0 Å². The van der Waals surface area contributed by atoms with Crippen LogP contribution in [0.4, 0.5) is 0 Å². The molecule has 0 heterocycles. The van der Waals surface area contributed by atoms with Crippen molar-refractivity contribution in [3.63, 3.8) is 0 Å². The number of aliphatic carboxylic acids is 4. The van der Waals surface area contributed by atoms with Crippen molar-refractivity contribution in [2.75, 3.05) is 0 Å². The van der Waals surface area contributed by atoms with Gasteiger partial charge >= 0.3 is 23.9 Å². The topological polar surface area (TPSA) is 217 Å². The number of Topliss-reactive ketones (excluding diaryl/α,β-unsaturated/α-hetero) is 4. The predicted molar refractivity (Wildman–Crippen MR) is 129 cm³/mol. The van der Waals surface area contributed by atoms with Crippen LogP contribution in [0.1, 0.15) is 105 Å². The van der Waals surface area contributed by atoms with Gasteiger partial charge in [0.15, 0.2) is 0 Å². The van der Waals surface area contributed by atoms with E-state index in [-0.39, 0.29) is 96.7 Å². The average molecular weight is 660 g/mol. The maximum atomic E-state index is 10.5. The summed E-state index contributed by atoms with van der Waals surface area (Å²) in [6.45, 7) is 7.39. The second kappa shape index (κ2) is 35.2. The van der Waals surface area contributed by atoms with E-state index in [0.717, 1.165) is 25.7 Å². The number of carbonyl (C=O) groups excluding carboxylic acids is 4. The number of hydrogen-bond donors (Lipinski definition) is 4. The molecule has 0 aliphatic heterocycles. The van der Waals surface area contributed by atoms with Crippen molar-refractivity contribution < 1.29 is 107 Å². The number of hydrogen-bond acceptors (Lipinski definition) is 8. The molecule has 0 fully saturated rings. The van der Waals surface area contributed by atoms with E-state index in [1.165, 1.54) is 0 Å². The Morgan fingerprint density at radius 2 is 0.526 bits per heavy atom. The van der Waals surface area contributed by atoms with Crippen molar-refractivity contribution in [2.24, 2.45) is 0 Å². The molecule has 38 heavy (non-hydrogen) atoms. The van der Waals surface area contributed by atoms with Gasteiger partial charge in [0.05, 0.1) is 0 Å². The average Bonchev–Trinajstić information content (AvgIpc) is 2.68. The zero-order valence-electron chi connectivity index (χ0n) is 22.5. The molecule has 0 atom stereocenters. The third kappa shape index (κ3) is 54.9. The number of rotatable bonds is 16. The zero-order chi connectivity index (χ0) is 29.1. The van der Waals surface area contributed by atoms with E-state index in [9.17, 15) is 38.4 Å². The van der Waals surface area contributed by atoms with Crippen LogP contribution in [-0.4, -0.2) is 67.4 Å². The Morgan fingerprint density at radius 1 is 0.395 bits per heavy atom. The molecule has 4 N–H and O–H groups in total. The standard InChI is InChI=1S/4C6H10O3.Ti.Zr/c4*1-2-3-5(7)4-6(8)9;;/h4*2-4H2,1H3,(H,8,9);;. The number of ketones is 4. The second-order valence-electron chi connectivity index (χ2n) is 7.44.